The number of aryl methyl sites for hydroxylation is 1. The fraction of sp³-hybridized carbons (Fsp3) is 0.308. The molecular weight excluding hydrogens is 511 g/mol. The van der Waals surface area contributed by atoms with E-state index in [2.05, 4.69) is 35.2 Å². The quantitative estimate of drug-likeness (QED) is 0.289. The summed E-state index contributed by atoms with van der Waals surface area (Å²) in [5, 5.41) is 3.42. The Bertz CT molecular complexity index is 1660. The number of benzene rings is 1. The summed E-state index contributed by atoms with van der Waals surface area (Å²) in [4.78, 5) is 29.5. The molecule has 13 heteroatoms. The van der Waals surface area contributed by atoms with E-state index in [4.69, 9.17) is 9.72 Å². The molecule has 1 aromatic carbocycles. The molecule has 1 saturated carbocycles. The fourth-order valence-electron chi connectivity index (χ4n) is 4.54. The van der Waals surface area contributed by atoms with Crippen molar-refractivity contribution in [2.24, 2.45) is 7.05 Å². The lowest BCUT2D eigenvalue weighted by molar-refractivity contribution is -0.140. The number of aromatic amines is 1. The zero-order valence-corrected chi connectivity index (χ0v) is 21.3. The number of aromatic nitrogens is 8. The van der Waals surface area contributed by atoms with Crippen LogP contribution in [0.4, 0.5) is 19.0 Å². The van der Waals surface area contributed by atoms with Crippen LogP contribution in [0.15, 0.2) is 43.1 Å². The van der Waals surface area contributed by atoms with Gasteiger partial charge in [0.2, 0.25) is 5.88 Å². The molecule has 10 nitrogen and oxygen atoms in total. The maximum Gasteiger partial charge on any atom is 0.434 e. The molecule has 1 atom stereocenters. The first kappa shape index (κ1) is 24.8. The van der Waals surface area contributed by atoms with E-state index < -0.39 is 11.9 Å². The molecule has 1 aliphatic carbocycles. The third kappa shape index (κ3) is 4.64. The van der Waals surface area contributed by atoms with Gasteiger partial charge in [-0.1, -0.05) is 24.3 Å². The zero-order chi connectivity index (χ0) is 27.3. The monoisotopic (exact) mass is 535 g/mol. The molecule has 200 valence electrons. The lowest BCUT2D eigenvalue weighted by Gasteiger charge is -2.17. The normalized spacial score (nSPS) is 14.5. The van der Waals surface area contributed by atoms with Gasteiger partial charge in [-0.3, -0.25) is 0 Å². The molecule has 0 bridgehead atoms. The number of halogens is 3. The van der Waals surface area contributed by atoms with Gasteiger partial charge in [-0.05, 0) is 25.3 Å². The molecule has 0 amide bonds. The van der Waals surface area contributed by atoms with Gasteiger partial charge < -0.3 is 19.6 Å². The third-order valence-electron chi connectivity index (χ3n) is 6.70. The number of nitrogens with one attached hydrogen (secondary N) is 2. The summed E-state index contributed by atoms with van der Waals surface area (Å²) in [6.07, 6.45) is 1.59. The van der Waals surface area contributed by atoms with E-state index >= 15 is 0 Å². The second-order valence-corrected chi connectivity index (χ2v) is 9.46. The van der Waals surface area contributed by atoms with Gasteiger partial charge in [0.25, 0.3) is 0 Å². The molecule has 4 aromatic heterocycles. The van der Waals surface area contributed by atoms with Crippen molar-refractivity contribution in [3.8, 4) is 28.7 Å². The van der Waals surface area contributed by atoms with Crippen molar-refractivity contribution >= 4 is 17.0 Å². The second kappa shape index (κ2) is 9.33. The molecule has 1 fully saturated rings. The maximum absolute atomic E-state index is 13.1. The molecule has 6 rings (SSSR count). The van der Waals surface area contributed by atoms with Gasteiger partial charge in [-0.2, -0.15) is 13.2 Å². The number of H-pyrrole nitrogens is 1. The van der Waals surface area contributed by atoms with Gasteiger partial charge in [0.05, 0.1) is 25.2 Å². The van der Waals surface area contributed by atoms with Crippen LogP contribution in [0, 0.1) is 0 Å². The van der Waals surface area contributed by atoms with E-state index in [1.54, 1.807) is 32.6 Å². The molecule has 39 heavy (non-hydrogen) atoms. The van der Waals surface area contributed by atoms with Crippen molar-refractivity contribution < 1.29 is 17.9 Å². The van der Waals surface area contributed by atoms with Crippen molar-refractivity contribution in [1.29, 1.82) is 0 Å². The minimum atomic E-state index is -4.50. The van der Waals surface area contributed by atoms with E-state index in [0.717, 1.165) is 30.3 Å². The van der Waals surface area contributed by atoms with Crippen LogP contribution in [0.1, 0.15) is 48.7 Å². The molecular formula is C26H24F3N9O. The third-order valence-corrected chi connectivity index (χ3v) is 6.70. The molecule has 4 heterocycles. The first-order valence-electron chi connectivity index (χ1n) is 12.3. The summed E-state index contributed by atoms with van der Waals surface area (Å²) in [5.41, 5.74) is 3.18. The van der Waals surface area contributed by atoms with Crippen LogP contribution in [0.2, 0.25) is 0 Å². The smallest absolute Gasteiger partial charge is 0.434 e. The Labute approximate surface area is 220 Å². The summed E-state index contributed by atoms with van der Waals surface area (Å²) in [6.45, 7) is 1.96. The summed E-state index contributed by atoms with van der Waals surface area (Å²) < 4.78 is 46.2. The first-order chi connectivity index (χ1) is 18.7. The van der Waals surface area contributed by atoms with Crippen LogP contribution < -0.4 is 10.1 Å². The number of hydrogen-bond donors (Lipinski definition) is 2. The predicted molar refractivity (Wildman–Crippen MR) is 137 cm³/mol. The first-order valence-corrected chi connectivity index (χ1v) is 12.3. The van der Waals surface area contributed by atoms with Crippen molar-refractivity contribution in [3.05, 3.63) is 60.1 Å². The predicted octanol–water partition coefficient (Wildman–Crippen LogP) is 5.29. The number of anilines is 1. The number of imidazole rings is 2. The maximum atomic E-state index is 13.1. The Morgan fingerprint density at radius 3 is 2.51 bits per heavy atom. The highest BCUT2D eigenvalue weighted by Gasteiger charge is 2.35. The highest BCUT2D eigenvalue weighted by atomic mass is 19.4. The van der Waals surface area contributed by atoms with E-state index in [1.807, 2.05) is 19.1 Å². The Kier molecular flexibility index (Phi) is 5.92. The molecule has 0 saturated heterocycles. The second-order valence-electron chi connectivity index (χ2n) is 9.46. The summed E-state index contributed by atoms with van der Waals surface area (Å²) in [6, 6.07) is 6.99. The molecule has 0 radical (unpaired) electrons. The van der Waals surface area contributed by atoms with Crippen LogP contribution >= 0.6 is 0 Å². The summed E-state index contributed by atoms with van der Waals surface area (Å²) in [5.74, 6) is 1.90. The van der Waals surface area contributed by atoms with Gasteiger partial charge in [-0.25, -0.2) is 29.9 Å². The highest BCUT2D eigenvalue weighted by molar-refractivity contribution is 5.85. The van der Waals surface area contributed by atoms with E-state index in [0.29, 0.717) is 45.7 Å². The van der Waals surface area contributed by atoms with Crippen molar-refractivity contribution in [3.63, 3.8) is 0 Å². The number of alkyl halides is 3. The summed E-state index contributed by atoms with van der Waals surface area (Å²) >= 11 is 0. The van der Waals surface area contributed by atoms with Crippen LogP contribution in [0.25, 0.3) is 33.9 Å². The number of ether oxygens (including phenoxy) is 1. The minimum absolute atomic E-state index is 0.211. The summed E-state index contributed by atoms with van der Waals surface area (Å²) in [7, 11) is 3.09. The Morgan fingerprint density at radius 1 is 1.08 bits per heavy atom. The van der Waals surface area contributed by atoms with Gasteiger partial charge >= 0.3 is 6.18 Å². The Balaban J connectivity index is 1.32. The number of rotatable bonds is 7. The van der Waals surface area contributed by atoms with Gasteiger partial charge in [0, 0.05) is 24.7 Å². The van der Waals surface area contributed by atoms with E-state index in [9.17, 15) is 13.2 Å². The lowest BCUT2D eigenvalue weighted by Crippen LogP contribution is -2.10. The van der Waals surface area contributed by atoms with Crippen molar-refractivity contribution in [2.45, 2.75) is 37.9 Å². The molecule has 5 aromatic rings. The number of nitrogens with zero attached hydrogens (tertiary/aromatic N) is 7. The van der Waals surface area contributed by atoms with Gasteiger partial charge in [0.1, 0.15) is 23.2 Å². The van der Waals surface area contributed by atoms with Crippen LogP contribution in [-0.2, 0) is 13.2 Å². The molecule has 1 aliphatic rings. The number of hydrogen-bond acceptors (Lipinski definition) is 8. The molecule has 0 spiro atoms. The minimum Gasteiger partial charge on any atom is -0.480 e. The standard InChI is InChI=1S/C26H24F3N9O/c1-13(14-4-8-16(9-5-14)24-35-17(10-38(24)2)26(27,28)29)34-23-20-22(32-11-31-20)36-21(37-23)18-19(15-6-7-15)30-12-33-25(18)39-3/h4-5,8-13,15H,6-7H2,1-3H3,(H2,31,32,34,36,37). The van der Waals surface area contributed by atoms with Crippen molar-refractivity contribution in [2.75, 3.05) is 12.4 Å². The molecule has 0 aliphatic heterocycles. The zero-order valence-electron chi connectivity index (χ0n) is 21.3. The topological polar surface area (TPSA) is 119 Å². The van der Waals surface area contributed by atoms with Crippen LogP contribution in [-0.4, -0.2) is 46.6 Å². The Morgan fingerprint density at radius 2 is 1.85 bits per heavy atom. The van der Waals surface area contributed by atoms with Crippen LogP contribution in [0.3, 0.4) is 0 Å². The van der Waals surface area contributed by atoms with Gasteiger partial charge in [0.15, 0.2) is 23.0 Å². The lowest BCUT2D eigenvalue weighted by atomic mass is 10.1. The van der Waals surface area contributed by atoms with Crippen molar-refractivity contribution in [1.82, 2.24) is 39.5 Å². The SMILES string of the molecule is COc1ncnc(C2CC2)c1-c1nc(NC(C)c2ccc(-c3nc(C(F)(F)F)cn3C)cc2)c2[nH]cnc2n1. The largest absolute Gasteiger partial charge is 0.480 e. The number of methoxy groups -OCH3 is 1. The average molecular weight is 536 g/mol. The van der Waals surface area contributed by atoms with E-state index in [1.165, 1.54) is 10.9 Å². The van der Waals surface area contributed by atoms with E-state index in [-0.39, 0.29) is 11.9 Å². The Hall–Kier alpha value is -4.55. The number of fused-ring (bicyclic) bond motifs is 1. The average Bonchev–Trinajstić information content (AvgIpc) is 3.52. The van der Waals surface area contributed by atoms with Crippen LogP contribution in [0.5, 0.6) is 5.88 Å². The van der Waals surface area contributed by atoms with Gasteiger partial charge in [-0.15, -0.1) is 0 Å². The molecule has 1 unspecified atom stereocenters. The fourth-order valence-corrected chi connectivity index (χ4v) is 4.54. The molecule has 2 N–H and O–H groups in total. The highest BCUT2D eigenvalue weighted by Crippen LogP contribution is 2.45.